The molecule has 2 aromatic rings. The summed E-state index contributed by atoms with van der Waals surface area (Å²) in [6.45, 7) is 5.94. The molecule has 0 amide bonds. The zero-order chi connectivity index (χ0) is 19.5. The van der Waals surface area contributed by atoms with E-state index in [1.54, 1.807) is 7.11 Å². The first-order valence-electron chi connectivity index (χ1n) is 9.21. The first-order valence-corrected chi connectivity index (χ1v) is 10.0. The first-order chi connectivity index (χ1) is 13.1. The molecular weight excluding hydrogens is 408 g/mol. The quantitative estimate of drug-likeness (QED) is 0.445. The second kappa shape index (κ2) is 12.0. The lowest BCUT2D eigenvalue weighted by molar-refractivity contribution is 0.284. The van der Waals surface area contributed by atoms with Gasteiger partial charge in [-0.3, -0.25) is 0 Å². The molecule has 2 rings (SSSR count). The number of aliphatic hydroxyl groups is 1. The predicted molar refractivity (Wildman–Crippen MR) is 112 cm³/mol. The molecular formula is C21H29BrN2O3. The molecule has 2 aromatic carbocycles. The van der Waals surface area contributed by atoms with Crippen LogP contribution in [0, 0.1) is 6.92 Å². The number of ether oxygens (including phenoxy) is 2. The summed E-state index contributed by atoms with van der Waals surface area (Å²) < 4.78 is 12.5. The molecule has 0 bridgehead atoms. The van der Waals surface area contributed by atoms with Crippen molar-refractivity contribution in [2.75, 3.05) is 33.4 Å². The molecule has 0 saturated heterocycles. The van der Waals surface area contributed by atoms with E-state index in [-0.39, 0.29) is 6.61 Å². The van der Waals surface area contributed by atoms with Crippen molar-refractivity contribution in [2.24, 2.45) is 0 Å². The molecule has 5 nitrogen and oxygen atoms in total. The van der Waals surface area contributed by atoms with Gasteiger partial charge in [0.15, 0.2) is 11.5 Å². The van der Waals surface area contributed by atoms with Gasteiger partial charge in [-0.15, -0.1) is 0 Å². The summed E-state index contributed by atoms with van der Waals surface area (Å²) in [5.74, 6) is 1.45. The Morgan fingerprint density at radius 1 is 1.04 bits per heavy atom. The largest absolute Gasteiger partial charge is 0.493 e. The second-order valence-corrected chi connectivity index (χ2v) is 7.23. The Bertz CT molecular complexity index is 710. The van der Waals surface area contributed by atoms with Crippen LogP contribution < -0.4 is 20.1 Å². The Kier molecular flexibility index (Phi) is 9.62. The van der Waals surface area contributed by atoms with Gasteiger partial charge >= 0.3 is 0 Å². The number of aryl methyl sites for hydroxylation is 1. The van der Waals surface area contributed by atoms with E-state index in [0.29, 0.717) is 13.2 Å². The third-order valence-corrected chi connectivity index (χ3v) is 4.86. The van der Waals surface area contributed by atoms with Gasteiger partial charge in [0.2, 0.25) is 0 Å². The van der Waals surface area contributed by atoms with Gasteiger partial charge in [-0.1, -0.05) is 45.8 Å². The molecule has 0 atom stereocenters. The molecule has 0 aliphatic heterocycles. The molecule has 0 radical (unpaired) electrons. The highest BCUT2D eigenvalue weighted by atomic mass is 79.9. The van der Waals surface area contributed by atoms with E-state index < -0.39 is 0 Å². The van der Waals surface area contributed by atoms with Gasteiger partial charge in [0.25, 0.3) is 0 Å². The van der Waals surface area contributed by atoms with Crippen LogP contribution >= 0.6 is 15.9 Å². The number of aliphatic hydroxyl groups excluding tert-OH is 1. The molecule has 3 N–H and O–H groups in total. The molecule has 27 heavy (non-hydrogen) atoms. The maximum Gasteiger partial charge on any atom is 0.162 e. The van der Waals surface area contributed by atoms with Crippen LogP contribution in [0.25, 0.3) is 0 Å². The highest BCUT2D eigenvalue weighted by Gasteiger charge is 2.10. The van der Waals surface area contributed by atoms with Crippen LogP contribution in [0.2, 0.25) is 0 Å². The maximum atomic E-state index is 8.73. The summed E-state index contributed by atoms with van der Waals surface area (Å²) >= 11 is 3.64. The lowest BCUT2D eigenvalue weighted by Gasteiger charge is -2.15. The van der Waals surface area contributed by atoms with Gasteiger partial charge in [0.1, 0.15) is 6.61 Å². The van der Waals surface area contributed by atoms with E-state index in [9.17, 15) is 0 Å². The lowest BCUT2D eigenvalue weighted by Crippen LogP contribution is -2.24. The number of methoxy groups -OCH3 is 1. The molecule has 0 aromatic heterocycles. The fourth-order valence-electron chi connectivity index (χ4n) is 2.71. The molecule has 0 aliphatic carbocycles. The van der Waals surface area contributed by atoms with Crippen LogP contribution in [0.5, 0.6) is 11.5 Å². The third-order valence-electron chi connectivity index (χ3n) is 4.12. The van der Waals surface area contributed by atoms with E-state index in [2.05, 4.69) is 51.7 Å². The van der Waals surface area contributed by atoms with Crippen LogP contribution in [-0.4, -0.2) is 38.5 Å². The van der Waals surface area contributed by atoms with Crippen molar-refractivity contribution in [3.63, 3.8) is 0 Å². The zero-order valence-electron chi connectivity index (χ0n) is 16.1. The maximum absolute atomic E-state index is 8.73. The molecule has 0 aliphatic rings. The Labute approximate surface area is 170 Å². The average Bonchev–Trinajstić information content (AvgIpc) is 2.67. The van der Waals surface area contributed by atoms with Crippen molar-refractivity contribution in [3.8, 4) is 11.5 Å². The van der Waals surface area contributed by atoms with E-state index in [1.165, 1.54) is 5.56 Å². The van der Waals surface area contributed by atoms with Gasteiger partial charge in [0.05, 0.1) is 13.7 Å². The molecule has 0 fully saturated rings. The van der Waals surface area contributed by atoms with E-state index in [1.807, 2.05) is 18.2 Å². The summed E-state index contributed by atoms with van der Waals surface area (Å²) in [6.07, 6.45) is 1.01. The standard InChI is InChI=1S/C21H29BrN2O3/c1-16-5-3-6-17(11-16)15-27-21-13-19(22)18(12-20(21)26-2)14-24-8-4-7-23-9-10-25/h3,5-6,11-13,23-25H,4,7-10,14-15H2,1-2H3. The van der Waals surface area contributed by atoms with E-state index in [0.717, 1.165) is 53.2 Å². The van der Waals surface area contributed by atoms with E-state index in [4.69, 9.17) is 14.6 Å². The van der Waals surface area contributed by atoms with Crippen LogP contribution in [0.3, 0.4) is 0 Å². The number of rotatable bonds is 12. The number of nitrogens with one attached hydrogen (secondary N) is 2. The third kappa shape index (κ3) is 7.50. The van der Waals surface area contributed by atoms with Crippen LogP contribution in [0.15, 0.2) is 40.9 Å². The van der Waals surface area contributed by atoms with Crippen molar-refractivity contribution >= 4 is 15.9 Å². The van der Waals surface area contributed by atoms with Gasteiger partial charge in [-0.05, 0) is 49.7 Å². The van der Waals surface area contributed by atoms with Crippen molar-refractivity contribution in [1.29, 1.82) is 0 Å². The van der Waals surface area contributed by atoms with Gasteiger partial charge < -0.3 is 25.2 Å². The topological polar surface area (TPSA) is 62.8 Å². The van der Waals surface area contributed by atoms with Gasteiger partial charge in [-0.2, -0.15) is 0 Å². The van der Waals surface area contributed by atoms with Crippen LogP contribution in [-0.2, 0) is 13.2 Å². The predicted octanol–water partition coefficient (Wildman–Crippen LogP) is 3.41. The molecule has 0 unspecified atom stereocenters. The summed E-state index contributed by atoms with van der Waals surface area (Å²) in [7, 11) is 1.66. The monoisotopic (exact) mass is 436 g/mol. The first kappa shape index (κ1) is 21.7. The SMILES string of the molecule is COc1cc(CNCCCNCCO)c(Br)cc1OCc1cccc(C)c1. The molecule has 0 heterocycles. The minimum Gasteiger partial charge on any atom is -0.493 e. The smallest absolute Gasteiger partial charge is 0.162 e. The molecule has 0 saturated carbocycles. The van der Waals surface area contributed by atoms with Crippen LogP contribution in [0.4, 0.5) is 0 Å². The number of halogens is 1. The van der Waals surface area contributed by atoms with Crippen molar-refractivity contribution in [2.45, 2.75) is 26.5 Å². The number of hydrogen-bond donors (Lipinski definition) is 3. The number of hydrogen-bond acceptors (Lipinski definition) is 5. The summed E-state index contributed by atoms with van der Waals surface area (Å²) in [5.41, 5.74) is 3.48. The molecule has 0 spiro atoms. The van der Waals surface area contributed by atoms with Crippen molar-refractivity contribution in [3.05, 3.63) is 57.6 Å². The normalized spacial score (nSPS) is 10.8. The highest BCUT2D eigenvalue weighted by molar-refractivity contribution is 9.10. The highest BCUT2D eigenvalue weighted by Crippen LogP contribution is 2.34. The lowest BCUT2D eigenvalue weighted by atomic mass is 10.1. The zero-order valence-corrected chi connectivity index (χ0v) is 17.6. The van der Waals surface area contributed by atoms with Crippen LogP contribution in [0.1, 0.15) is 23.1 Å². The minimum absolute atomic E-state index is 0.179. The fraction of sp³-hybridized carbons (Fsp3) is 0.429. The van der Waals surface area contributed by atoms with Gasteiger partial charge in [-0.25, -0.2) is 0 Å². The Morgan fingerprint density at radius 2 is 1.85 bits per heavy atom. The Hall–Kier alpha value is -1.60. The second-order valence-electron chi connectivity index (χ2n) is 6.38. The molecule has 6 heteroatoms. The minimum atomic E-state index is 0.179. The Morgan fingerprint density at radius 3 is 2.59 bits per heavy atom. The fourth-order valence-corrected chi connectivity index (χ4v) is 3.18. The van der Waals surface area contributed by atoms with E-state index >= 15 is 0 Å². The Balaban J connectivity index is 1.89. The summed E-state index contributed by atoms with van der Waals surface area (Å²) in [6, 6.07) is 12.3. The van der Waals surface area contributed by atoms with Gasteiger partial charge in [0, 0.05) is 17.6 Å². The summed E-state index contributed by atoms with van der Waals surface area (Å²) in [4.78, 5) is 0. The van der Waals surface area contributed by atoms with Crippen molar-refractivity contribution < 1.29 is 14.6 Å². The van der Waals surface area contributed by atoms with Crippen molar-refractivity contribution in [1.82, 2.24) is 10.6 Å². The molecule has 148 valence electrons. The average molecular weight is 437 g/mol. The number of benzene rings is 2. The summed E-state index contributed by atoms with van der Waals surface area (Å²) in [5, 5.41) is 15.3.